The van der Waals surface area contributed by atoms with Gasteiger partial charge in [0.2, 0.25) is 5.84 Å². The Kier molecular flexibility index (Phi) is 2.53. The van der Waals surface area contributed by atoms with Crippen molar-refractivity contribution >= 4 is 28.2 Å². The molecule has 0 bridgehead atoms. The number of rotatable bonds is 2. The van der Waals surface area contributed by atoms with Crippen LogP contribution >= 0.6 is 0 Å². The number of oxime groups is 1. The van der Waals surface area contributed by atoms with Crippen LogP contribution in [-0.2, 0) is 0 Å². The van der Waals surface area contributed by atoms with Gasteiger partial charge in [-0.15, -0.1) is 0 Å². The van der Waals surface area contributed by atoms with Gasteiger partial charge in [0.25, 0.3) is 0 Å². The second kappa shape index (κ2) is 4.33. The number of anilines is 2. The SMILES string of the molecule is Nc1nonc1/C(=N/O)Nc1ccc2[nH]ccc2c1. The average Bonchev–Trinajstić information content (AvgIpc) is 3.04. The number of hydrogen-bond donors (Lipinski definition) is 4. The Labute approximate surface area is 106 Å². The summed E-state index contributed by atoms with van der Waals surface area (Å²) in [5.41, 5.74) is 7.42. The predicted molar refractivity (Wildman–Crippen MR) is 69.0 cm³/mol. The quantitative estimate of drug-likeness (QED) is 0.238. The normalized spacial score (nSPS) is 11.9. The van der Waals surface area contributed by atoms with Gasteiger partial charge in [-0.1, -0.05) is 5.16 Å². The predicted octanol–water partition coefficient (Wildman–Crippen LogP) is 1.38. The third-order valence-electron chi connectivity index (χ3n) is 2.65. The van der Waals surface area contributed by atoms with Gasteiger partial charge in [-0.05, 0) is 34.6 Å². The van der Waals surface area contributed by atoms with E-state index in [4.69, 9.17) is 10.9 Å². The highest BCUT2D eigenvalue weighted by molar-refractivity contribution is 6.09. The van der Waals surface area contributed by atoms with Gasteiger partial charge in [0.1, 0.15) is 0 Å². The third kappa shape index (κ3) is 1.95. The largest absolute Gasteiger partial charge is 0.409 e. The minimum atomic E-state index is 0.0445. The fourth-order valence-electron chi connectivity index (χ4n) is 1.76. The summed E-state index contributed by atoms with van der Waals surface area (Å²) in [5, 5.41) is 23.0. The molecule has 2 aromatic heterocycles. The number of nitrogen functional groups attached to an aromatic ring is 1. The summed E-state index contributed by atoms with van der Waals surface area (Å²) in [6.07, 6.45) is 1.84. The summed E-state index contributed by atoms with van der Waals surface area (Å²) in [6.45, 7) is 0. The third-order valence-corrected chi connectivity index (χ3v) is 2.65. The summed E-state index contributed by atoms with van der Waals surface area (Å²) in [5.74, 6) is 0.108. The molecule has 2 heterocycles. The maximum atomic E-state index is 9.01. The van der Waals surface area contributed by atoms with Gasteiger partial charge in [-0.25, -0.2) is 4.63 Å². The Balaban J connectivity index is 1.93. The monoisotopic (exact) mass is 258 g/mol. The van der Waals surface area contributed by atoms with Gasteiger partial charge in [0, 0.05) is 22.8 Å². The van der Waals surface area contributed by atoms with Gasteiger partial charge < -0.3 is 21.2 Å². The Hall–Kier alpha value is -3.03. The molecule has 0 radical (unpaired) electrons. The topological polar surface area (TPSA) is 125 Å². The average molecular weight is 258 g/mol. The van der Waals surface area contributed by atoms with Crippen LogP contribution in [0.3, 0.4) is 0 Å². The smallest absolute Gasteiger partial charge is 0.203 e. The lowest BCUT2D eigenvalue weighted by Crippen LogP contribution is -2.15. The van der Waals surface area contributed by atoms with Gasteiger partial charge in [0.05, 0.1) is 0 Å². The minimum absolute atomic E-state index is 0.0445. The number of aromatic nitrogens is 3. The lowest BCUT2D eigenvalue weighted by molar-refractivity contribution is 0.305. The van der Waals surface area contributed by atoms with E-state index in [1.807, 2.05) is 30.5 Å². The first-order chi connectivity index (χ1) is 9.28. The lowest BCUT2D eigenvalue weighted by Gasteiger charge is -2.05. The molecule has 0 unspecified atom stereocenters. The molecule has 0 saturated heterocycles. The molecule has 8 heteroatoms. The number of amidine groups is 1. The fraction of sp³-hybridized carbons (Fsp3) is 0. The first kappa shape index (κ1) is 11.1. The highest BCUT2D eigenvalue weighted by Crippen LogP contribution is 2.19. The van der Waals surface area contributed by atoms with Crippen LogP contribution in [0.15, 0.2) is 40.2 Å². The van der Waals surface area contributed by atoms with Crippen molar-refractivity contribution in [2.75, 3.05) is 11.1 Å². The van der Waals surface area contributed by atoms with E-state index in [0.29, 0.717) is 0 Å². The zero-order valence-electron chi connectivity index (χ0n) is 9.66. The second-order valence-corrected chi connectivity index (χ2v) is 3.85. The molecule has 0 aliphatic rings. The Morgan fingerprint density at radius 1 is 1.37 bits per heavy atom. The summed E-state index contributed by atoms with van der Waals surface area (Å²) in [7, 11) is 0. The molecule has 0 aliphatic heterocycles. The van der Waals surface area contributed by atoms with Crippen LogP contribution < -0.4 is 11.1 Å². The van der Waals surface area contributed by atoms with Crippen molar-refractivity contribution in [3.63, 3.8) is 0 Å². The van der Waals surface area contributed by atoms with Gasteiger partial charge in [0.15, 0.2) is 11.5 Å². The summed E-state index contributed by atoms with van der Waals surface area (Å²) in [6, 6.07) is 7.55. The van der Waals surface area contributed by atoms with E-state index in [-0.39, 0.29) is 17.3 Å². The molecule has 1 aromatic carbocycles. The van der Waals surface area contributed by atoms with Crippen molar-refractivity contribution in [1.82, 2.24) is 15.3 Å². The van der Waals surface area contributed by atoms with Crippen LogP contribution in [0.5, 0.6) is 0 Å². The van der Waals surface area contributed by atoms with E-state index in [9.17, 15) is 0 Å². The van der Waals surface area contributed by atoms with E-state index in [0.717, 1.165) is 16.6 Å². The minimum Gasteiger partial charge on any atom is -0.409 e. The molecule has 0 aliphatic carbocycles. The van der Waals surface area contributed by atoms with E-state index >= 15 is 0 Å². The number of nitrogens with one attached hydrogen (secondary N) is 2. The highest BCUT2D eigenvalue weighted by Gasteiger charge is 2.15. The first-order valence-electron chi connectivity index (χ1n) is 5.42. The number of nitrogens with two attached hydrogens (primary N) is 1. The number of hydrogen-bond acceptors (Lipinski definition) is 6. The van der Waals surface area contributed by atoms with Crippen molar-refractivity contribution in [1.29, 1.82) is 0 Å². The summed E-state index contributed by atoms with van der Waals surface area (Å²) in [4.78, 5) is 3.09. The maximum Gasteiger partial charge on any atom is 0.203 e. The number of fused-ring (bicyclic) bond motifs is 1. The van der Waals surface area contributed by atoms with Crippen molar-refractivity contribution in [2.45, 2.75) is 0 Å². The first-order valence-corrected chi connectivity index (χ1v) is 5.42. The standard InChI is InChI=1S/C11H10N6O2/c12-10-9(16-19-17-10)11(15-18)14-7-1-2-8-6(5-7)3-4-13-8/h1-5,13,18H,(H2,12,17)(H,14,15). The van der Waals surface area contributed by atoms with E-state index in [1.54, 1.807) is 0 Å². The fourth-order valence-corrected chi connectivity index (χ4v) is 1.76. The zero-order chi connectivity index (χ0) is 13.2. The van der Waals surface area contributed by atoms with Crippen molar-refractivity contribution in [3.8, 4) is 0 Å². The molecule has 0 saturated carbocycles. The molecule has 0 fully saturated rings. The highest BCUT2D eigenvalue weighted by atomic mass is 16.6. The Bertz CT molecular complexity index is 744. The van der Waals surface area contributed by atoms with E-state index < -0.39 is 0 Å². The maximum absolute atomic E-state index is 9.01. The molecule has 0 atom stereocenters. The lowest BCUT2D eigenvalue weighted by atomic mass is 10.2. The summed E-state index contributed by atoms with van der Waals surface area (Å²) < 4.78 is 4.46. The van der Waals surface area contributed by atoms with E-state index in [1.165, 1.54) is 0 Å². The van der Waals surface area contributed by atoms with Gasteiger partial charge in [-0.2, -0.15) is 0 Å². The van der Waals surface area contributed by atoms with Crippen LogP contribution in [0.25, 0.3) is 10.9 Å². The Morgan fingerprint density at radius 2 is 2.26 bits per heavy atom. The molecule has 3 rings (SSSR count). The van der Waals surface area contributed by atoms with E-state index in [2.05, 4.69) is 30.4 Å². The molecule has 0 amide bonds. The number of aromatic amines is 1. The van der Waals surface area contributed by atoms with Crippen LogP contribution in [0, 0.1) is 0 Å². The number of H-pyrrole nitrogens is 1. The molecule has 96 valence electrons. The second-order valence-electron chi connectivity index (χ2n) is 3.85. The summed E-state index contributed by atoms with van der Waals surface area (Å²) >= 11 is 0. The molecule has 8 nitrogen and oxygen atoms in total. The molecular formula is C11H10N6O2. The number of benzene rings is 1. The van der Waals surface area contributed by atoms with Crippen molar-refractivity contribution in [3.05, 3.63) is 36.2 Å². The molecular weight excluding hydrogens is 248 g/mol. The molecule has 3 aromatic rings. The Morgan fingerprint density at radius 3 is 3.00 bits per heavy atom. The van der Waals surface area contributed by atoms with Crippen molar-refractivity contribution < 1.29 is 9.84 Å². The number of nitrogens with zero attached hydrogens (tertiary/aromatic N) is 3. The zero-order valence-corrected chi connectivity index (χ0v) is 9.66. The van der Waals surface area contributed by atoms with Crippen LogP contribution in [-0.4, -0.2) is 26.3 Å². The van der Waals surface area contributed by atoms with Crippen LogP contribution in [0.2, 0.25) is 0 Å². The van der Waals surface area contributed by atoms with Gasteiger partial charge in [-0.3, -0.25) is 0 Å². The molecule has 0 spiro atoms. The molecule has 19 heavy (non-hydrogen) atoms. The van der Waals surface area contributed by atoms with Crippen LogP contribution in [0.4, 0.5) is 11.5 Å². The molecule has 5 N–H and O–H groups in total. The van der Waals surface area contributed by atoms with Crippen LogP contribution in [0.1, 0.15) is 5.69 Å². The van der Waals surface area contributed by atoms with Crippen molar-refractivity contribution in [2.24, 2.45) is 5.16 Å². The van der Waals surface area contributed by atoms with Gasteiger partial charge >= 0.3 is 0 Å².